The number of hydrogen-bond acceptors (Lipinski definition) is 5. The van der Waals surface area contributed by atoms with Gasteiger partial charge in [-0.25, -0.2) is 0 Å². The van der Waals surface area contributed by atoms with E-state index in [1.165, 1.54) is 12.3 Å². The molecule has 2 aromatic carbocycles. The summed E-state index contributed by atoms with van der Waals surface area (Å²) < 4.78 is 16.2. The van der Waals surface area contributed by atoms with Gasteiger partial charge in [0.25, 0.3) is 5.91 Å². The SMILES string of the molecule is CCOc1ccc(/C=C/C(=O)Nc2ccc(NC(=O)c3ccco3)cc2)cc1OCC. The zero-order valence-electron chi connectivity index (χ0n) is 17.4. The molecule has 31 heavy (non-hydrogen) atoms. The first kappa shape index (κ1) is 21.7. The predicted octanol–water partition coefficient (Wildman–Crippen LogP) is 4.98. The molecule has 0 aliphatic heterocycles. The van der Waals surface area contributed by atoms with Crippen molar-refractivity contribution in [3.8, 4) is 11.5 Å². The lowest BCUT2D eigenvalue weighted by Crippen LogP contribution is -2.11. The third-order valence-electron chi connectivity index (χ3n) is 4.15. The van der Waals surface area contributed by atoms with Crippen molar-refractivity contribution < 1.29 is 23.5 Å². The van der Waals surface area contributed by atoms with E-state index in [9.17, 15) is 9.59 Å². The van der Waals surface area contributed by atoms with Crippen LogP contribution in [0.5, 0.6) is 11.5 Å². The van der Waals surface area contributed by atoms with Crippen molar-refractivity contribution in [3.05, 3.63) is 78.3 Å². The fourth-order valence-corrected chi connectivity index (χ4v) is 2.76. The van der Waals surface area contributed by atoms with Gasteiger partial charge in [-0.3, -0.25) is 9.59 Å². The summed E-state index contributed by atoms with van der Waals surface area (Å²) in [5.41, 5.74) is 2.01. The van der Waals surface area contributed by atoms with Crippen LogP contribution < -0.4 is 20.1 Å². The summed E-state index contributed by atoms with van der Waals surface area (Å²) >= 11 is 0. The first-order valence-electron chi connectivity index (χ1n) is 9.92. The molecule has 0 saturated heterocycles. The molecule has 7 heteroatoms. The lowest BCUT2D eigenvalue weighted by molar-refractivity contribution is -0.111. The maximum Gasteiger partial charge on any atom is 0.291 e. The molecule has 3 aromatic rings. The second kappa shape index (κ2) is 10.7. The Morgan fingerprint density at radius 3 is 2.23 bits per heavy atom. The van der Waals surface area contributed by atoms with E-state index in [1.54, 1.807) is 42.5 Å². The monoisotopic (exact) mass is 420 g/mol. The van der Waals surface area contributed by atoms with Crippen LogP contribution in [-0.2, 0) is 4.79 Å². The summed E-state index contributed by atoms with van der Waals surface area (Å²) in [6, 6.07) is 15.5. The van der Waals surface area contributed by atoms with E-state index in [0.29, 0.717) is 36.1 Å². The van der Waals surface area contributed by atoms with Gasteiger partial charge in [0.05, 0.1) is 19.5 Å². The van der Waals surface area contributed by atoms with Gasteiger partial charge in [-0.1, -0.05) is 6.07 Å². The molecule has 0 bridgehead atoms. The highest BCUT2D eigenvalue weighted by atomic mass is 16.5. The molecule has 0 aliphatic rings. The number of amides is 2. The highest BCUT2D eigenvalue weighted by Crippen LogP contribution is 2.29. The molecule has 0 fully saturated rings. The minimum atomic E-state index is -0.341. The molecular weight excluding hydrogens is 396 g/mol. The quantitative estimate of drug-likeness (QED) is 0.477. The Kier molecular flexibility index (Phi) is 7.48. The molecule has 1 aromatic heterocycles. The van der Waals surface area contributed by atoms with Crippen LogP contribution in [0.4, 0.5) is 11.4 Å². The van der Waals surface area contributed by atoms with Crippen molar-refractivity contribution in [2.45, 2.75) is 13.8 Å². The van der Waals surface area contributed by atoms with Crippen molar-refractivity contribution in [2.75, 3.05) is 23.8 Å². The van der Waals surface area contributed by atoms with Crippen molar-refractivity contribution in [3.63, 3.8) is 0 Å². The predicted molar refractivity (Wildman–Crippen MR) is 120 cm³/mol. The van der Waals surface area contributed by atoms with Gasteiger partial charge < -0.3 is 24.5 Å². The zero-order chi connectivity index (χ0) is 22.1. The largest absolute Gasteiger partial charge is 0.490 e. The van der Waals surface area contributed by atoms with E-state index in [1.807, 2.05) is 32.0 Å². The first-order chi connectivity index (χ1) is 15.1. The van der Waals surface area contributed by atoms with Crippen molar-refractivity contribution in [2.24, 2.45) is 0 Å². The standard InChI is InChI=1S/C24H24N2O5/c1-3-29-20-13-7-17(16-22(20)30-4-2)8-14-23(27)25-18-9-11-19(12-10-18)26-24(28)21-6-5-15-31-21/h5-16H,3-4H2,1-2H3,(H,25,27)(H,26,28)/b14-8+. The molecule has 0 radical (unpaired) electrons. The molecule has 7 nitrogen and oxygen atoms in total. The van der Waals surface area contributed by atoms with Gasteiger partial charge in [0, 0.05) is 17.5 Å². The van der Waals surface area contributed by atoms with Gasteiger partial charge in [0.15, 0.2) is 17.3 Å². The molecule has 1 heterocycles. The minimum absolute atomic E-state index is 0.226. The van der Waals surface area contributed by atoms with Crippen LogP contribution in [0.15, 0.2) is 71.4 Å². The zero-order valence-corrected chi connectivity index (χ0v) is 17.4. The third-order valence-corrected chi connectivity index (χ3v) is 4.15. The third kappa shape index (κ3) is 6.24. The lowest BCUT2D eigenvalue weighted by Gasteiger charge is -2.11. The Bertz CT molecular complexity index is 1040. The summed E-state index contributed by atoms with van der Waals surface area (Å²) in [5.74, 6) is 0.916. The summed E-state index contributed by atoms with van der Waals surface area (Å²) in [7, 11) is 0. The van der Waals surface area contributed by atoms with Crippen LogP contribution in [0.3, 0.4) is 0 Å². The Morgan fingerprint density at radius 1 is 0.903 bits per heavy atom. The first-order valence-corrected chi connectivity index (χ1v) is 9.92. The minimum Gasteiger partial charge on any atom is -0.490 e. The molecule has 0 saturated carbocycles. The molecule has 0 spiro atoms. The maximum atomic E-state index is 12.2. The van der Waals surface area contributed by atoms with E-state index in [0.717, 1.165) is 5.56 Å². The second-order valence-corrected chi connectivity index (χ2v) is 6.40. The summed E-state index contributed by atoms with van der Waals surface area (Å²) in [6.45, 7) is 4.88. The number of ether oxygens (including phenoxy) is 2. The molecule has 2 amide bonds. The molecular formula is C24H24N2O5. The average molecular weight is 420 g/mol. The highest BCUT2D eigenvalue weighted by molar-refractivity contribution is 6.03. The average Bonchev–Trinajstić information content (AvgIpc) is 3.31. The van der Waals surface area contributed by atoms with Crippen molar-refractivity contribution >= 4 is 29.3 Å². The van der Waals surface area contributed by atoms with Crippen LogP contribution in [0.2, 0.25) is 0 Å². The van der Waals surface area contributed by atoms with E-state index in [-0.39, 0.29) is 17.6 Å². The van der Waals surface area contributed by atoms with E-state index in [2.05, 4.69) is 10.6 Å². The van der Waals surface area contributed by atoms with Crippen molar-refractivity contribution in [1.82, 2.24) is 0 Å². The summed E-state index contributed by atoms with van der Waals surface area (Å²) in [6.07, 6.45) is 4.58. The van der Waals surface area contributed by atoms with E-state index < -0.39 is 0 Å². The number of nitrogens with one attached hydrogen (secondary N) is 2. The molecule has 0 atom stereocenters. The molecule has 3 rings (SSSR count). The van der Waals surface area contributed by atoms with Crippen LogP contribution in [-0.4, -0.2) is 25.0 Å². The van der Waals surface area contributed by atoms with E-state index >= 15 is 0 Å². The fourth-order valence-electron chi connectivity index (χ4n) is 2.76. The van der Waals surface area contributed by atoms with Crippen LogP contribution in [0.25, 0.3) is 6.08 Å². The van der Waals surface area contributed by atoms with Gasteiger partial charge in [0.2, 0.25) is 5.91 Å². The second-order valence-electron chi connectivity index (χ2n) is 6.40. The number of carbonyl (C=O) groups excluding carboxylic acids is 2. The van der Waals surface area contributed by atoms with Crippen LogP contribution >= 0.6 is 0 Å². The molecule has 2 N–H and O–H groups in total. The molecule has 160 valence electrons. The Balaban J connectivity index is 1.58. The normalized spacial score (nSPS) is 10.6. The Labute approximate surface area is 180 Å². The number of anilines is 2. The van der Waals surface area contributed by atoms with Gasteiger partial charge in [-0.15, -0.1) is 0 Å². The topological polar surface area (TPSA) is 89.8 Å². The van der Waals surface area contributed by atoms with Crippen LogP contribution in [0.1, 0.15) is 30.0 Å². The number of rotatable bonds is 9. The number of carbonyl (C=O) groups is 2. The Morgan fingerprint density at radius 2 is 1.58 bits per heavy atom. The van der Waals surface area contributed by atoms with Gasteiger partial charge >= 0.3 is 0 Å². The summed E-state index contributed by atoms with van der Waals surface area (Å²) in [5, 5.41) is 5.50. The Hall–Kier alpha value is -4.00. The lowest BCUT2D eigenvalue weighted by atomic mass is 10.2. The number of hydrogen-bond donors (Lipinski definition) is 2. The van der Waals surface area contributed by atoms with Gasteiger partial charge in [-0.05, 0) is 74.0 Å². The molecule has 0 unspecified atom stereocenters. The smallest absolute Gasteiger partial charge is 0.291 e. The molecule has 0 aliphatic carbocycles. The highest BCUT2D eigenvalue weighted by Gasteiger charge is 2.09. The van der Waals surface area contributed by atoms with Gasteiger partial charge in [-0.2, -0.15) is 0 Å². The summed E-state index contributed by atoms with van der Waals surface area (Å²) in [4.78, 5) is 24.2. The van der Waals surface area contributed by atoms with Gasteiger partial charge in [0.1, 0.15) is 0 Å². The number of furan rings is 1. The van der Waals surface area contributed by atoms with Crippen molar-refractivity contribution in [1.29, 1.82) is 0 Å². The van der Waals surface area contributed by atoms with Crippen LogP contribution in [0, 0.1) is 0 Å². The fraction of sp³-hybridized carbons (Fsp3) is 0.167. The van der Waals surface area contributed by atoms with E-state index in [4.69, 9.17) is 13.9 Å². The maximum absolute atomic E-state index is 12.2. The number of benzene rings is 2.